The van der Waals surface area contributed by atoms with E-state index in [1.807, 2.05) is 42.5 Å². The van der Waals surface area contributed by atoms with Crippen LogP contribution in [0.25, 0.3) is 0 Å². The third-order valence-electron chi connectivity index (χ3n) is 5.50. The Balaban J connectivity index is 1.53. The summed E-state index contributed by atoms with van der Waals surface area (Å²) >= 11 is 0. The zero-order chi connectivity index (χ0) is 21.9. The van der Waals surface area contributed by atoms with E-state index in [4.69, 9.17) is 9.47 Å². The van der Waals surface area contributed by atoms with Crippen molar-refractivity contribution in [2.75, 3.05) is 39.9 Å². The number of morpholine rings is 1. The number of rotatable bonds is 9. The van der Waals surface area contributed by atoms with Gasteiger partial charge in [-0.15, -0.1) is 0 Å². The number of hydrogen-bond acceptors (Lipinski definition) is 5. The van der Waals surface area contributed by atoms with E-state index >= 15 is 0 Å². The molecule has 0 aliphatic carbocycles. The lowest BCUT2D eigenvalue weighted by Crippen LogP contribution is -2.52. The summed E-state index contributed by atoms with van der Waals surface area (Å²) in [7, 11) is 1.80. The van der Waals surface area contributed by atoms with E-state index in [0.717, 1.165) is 49.9 Å². The molecule has 2 N–H and O–H groups in total. The predicted octanol–water partition coefficient (Wildman–Crippen LogP) is 2.68. The first-order valence-electron chi connectivity index (χ1n) is 11.0. The Morgan fingerprint density at radius 3 is 2.61 bits per heavy atom. The Morgan fingerprint density at radius 2 is 1.90 bits per heavy atom. The van der Waals surface area contributed by atoms with E-state index < -0.39 is 0 Å². The van der Waals surface area contributed by atoms with Crippen LogP contribution in [0.5, 0.6) is 5.88 Å². The van der Waals surface area contributed by atoms with Crippen LogP contribution in [0.4, 0.5) is 0 Å². The second kappa shape index (κ2) is 12.3. The van der Waals surface area contributed by atoms with Crippen LogP contribution in [-0.4, -0.2) is 61.8 Å². The van der Waals surface area contributed by atoms with Gasteiger partial charge in [-0.2, -0.15) is 0 Å². The molecule has 1 aromatic carbocycles. The number of hydrogen-bond donors (Lipinski definition) is 2. The Morgan fingerprint density at radius 1 is 1.13 bits per heavy atom. The molecule has 0 amide bonds. The Kier molecular flexibility index (Phi) is 9.12. The molecule has 1 saturated heterocycles. The van der Waals surface area contributed by atoms with Crippen molar-refractivity contribution >= 4 is 5.96 Å². The summed E-state index contributed by atoms with van der Waals surface area (Å²) in [5.41, 5.74) is 2.11. The molecule has 3 rings (SSSR count). The number of aromatic nitrogens is 1. The van der Waals surface area contributed by atoms with Gasteiger partial charge in [-0.1, -0.05) is 50.2 Å². The summed E-state index contributed by atoms with van der Waals surface area (Å²) in [6.07, 6.45) is 1.76. The SMILES string of the molecule is CN=C(NCc1cccnc1OCc1ccccc1)NCC(C(C)C)N1CCOCC1. The highest BCUT2D eigenvalue weighted by molar-refractivity contribution is 5.79. The fourth-order valence-electron chi connectivity index (χ4n) is 3.71. The van der Waals surface area contributed by atoms with Gasteiger partial charge in [0.2, 0.25) is 5.88 Å². The Hall–Kier alpha value is -2.64. The van der Waals surface area contributed by atoms with Crippen molar-refractivity contribution in [1.29, 1.82) is 0 Å². The van der Waals surface area contributed by atoms with Crippen LogP contribution in [0, 0.1) is 5.92 Å². The van der Waals surface area contributed by atoms with Crippen LogP contribution in [0.3, 0.4) is 0 Å². The number of guanidine groups is 1. The molecule has 0 bridgehead atoms. The third kappa shape index (κ3) is 7.22. The van der Waals surface area contributed by atoms with Crippen molar-refractivity contribution in [3.05, 3.63) is 59.8 Å². The molecule has 7 nitrogen and oxygen atoms in total. The first kappa shape index (κ1) is 23.0. The zero-order valence-corrected chi connectivity index (χ0v) is 18.9. The molecular formula is C24H35N5O2. The molecule has 0 radical (unpaired) electrons. The van der Waals surface area contributed by atoms with Crippen molar-refractivity contribution < 1.29 is 9.47 Å². The van der Waals surface area contributed by atoms with Crippen LogP contribution in [-0.2, 0) is 17.9 Å². The molecule has 1 unspecified atom stereocenters. The Bertz CT molecular complexity index is 807. The van der Waals surface area contributed by atoms with E-state index in [2.05, 4.69) is 39.4 Å². The van der Waals surface area contributed by atoms with Gasteiger partial charge in [0.1, 0.15) is 6.61 Å². The summed E-state index contributed by atoms with van der Waals surface area (Å²) in [6, 6.07) is 14.5. The standard InChI is InChI=1S/C24H35N5O2/c1-19(2)22(29-12-14-30-15-13-29)17-28-24(25-3)27-16-21-10-7-11-26-23(21)31-18-20-8-5-4-6-9-20/h4-11,19,22H,12-18H2,1-3H3,(H2,25,27,28). The van der Waals surface area contributed by atoms with E-state index in [1.54, 1.807) is 13.2 Å². The average Bonchev–Trinajstić information content (AvgIpc) is 2.81. The van der Waals surface area contributed by atoms with Crippen molar-refractivity contribution in [3.63, 3.8) is 0 Å². The van der Waals surface area contributed by atoms with Gasteiger partial charge in [-0.3, -0.25) is 9.89 Å². The first-order chi connectivity index (χ1) is 15.2. The number of benzene rings is 1. The first-order valence-corrected chi connectivity index (χ1v) is 11.0. The smallest absolute Gasteiger partial charge is 0.218 e. The number of ether oxygens (including phenoxy) is 2. The van der Waals surface area contributed by atoms with E-state index in [1.165, 1.54) is 0 Å². The quantitative estimate of drug-likeness (QED) is 0.476. The van der Waals surface area contributed by atoms with Gasteiger partial charge >= 0.3 is 0 Å². The summed E-state index contributed by atoms with van der Waals surface area (Å²) < 4.78 is 11.5. The summed E-state index contributed by atoms with van der Waals surface area (Å²) in [5.74, 6) is 1.96. The molecular weight excluding hydrogens is 390 g/mol. The van der Waals surface area contributed by atoms with Gasteiger partial charge in [0.25, 0.3) is 0 Å². The molecule has 0 spiro atoms. The highest BCUT2D eigenvalue weighted by atomic mass is 16.5. The second-order valence-corrected chi connectivity index (χ2v) is 8.01. The van der Waals surface area contributed by atoms with Crippen LogP contribution >= 0.6 is 0 Å². The molecule has 2 heterocycles. The van der Waals surface area contributed by atoms with Crippen LogP contribution < -0.4 is 15.4 Å². The average molecular weight is 426 g/mol. The highest BCUT2D eigenvalue weighted by Gasteiger charge is 2.23. The highest BCUT2D eigenvalue weighted by Crippen LogP contribution is 2.16. The normalized spacial score (nSPS) is 16.2. The fraction of sp³-hybridized carbons (Fsp3) is 0.500. The lowest BCUT2D eigenvalue weighted by Gasteiger charge is -2.37. The molecule has 1 fully saturated rings. The van der Waals surface area contributed by atoms with Gasteiger partial charge in [-0.25, -0.2) is 4.98 Å². The third-order valence-corrected chi connectivity index (χ3v) is 5.50. The molecule has 1 atom stereocenters. The molecule has 1 aromatic heterocycles. The minimum absolute atomic E-state index is 0.436. The molecule has 168 valence electrons. The monoisotopic (exact) mass is 425 g/mol. The molecule has 0 saturated carbocycles. The molecule has 7 heteroatoms. The van der Waals surface area contributed by atoms with E-state index in [-0.39, 0.29) is 0 Å². The number of nitrogens with zero attached hydrogens (tertiary/aromatic N) is 3. The van der Waals surface area contributed by atoms with Crippen LogP contribution in [0.2, 0.25) is 0 Å². The van der Waals surface area contributed by atoms with Crippen molar-refractivity contribution in [2.24, 2.45) is 10.9 Å². The van der Waals surface area contributed by atoms with Crippen LogP contribution in [0.15, 0.2) is 53.7 Å². The second-order valence-electron chi connectivity index (χ2n) is 8.01. The number of aliphatic imine (C=N–C) groups is 1. The number of pyridine rings is 1. The predicted molar refractivity (Wildman–Crippen MR) is 124 cm³/mol. The van der Waals surface area contributed by atoms with Crippen LogP contribution in [0.1, 0.15) is 25.0 Å². The zero-order valence-electron chi connectivity index (χ0n) is 18.9. The summed E-state index contributed by atoms with van der Waals surface area (Å²) in [6.45, 7) is 10.0. The summed E-state index contributed by atoms with van der Waals surface area (Å²) in [4.78, 5) is 11.3. The minimum Gasteiger partial charge on any atom is -0.473 e. The maximum atomic E-state index is 5.97. The fourth-order valence-corrected chi connectivity index (χ4v) is 3.71. The van der Waals surface area contributed by atoms with Gasteiger partial charge in [0.05, 0.1) is 13.2 Å². The van der Waals surface area contributed by atoms with Crippen molar-refractivity contribution in [2.45, 2.75) is 33.0 Å². The van der Waals surface area contributed by atoms with E-state index in [9.17, 15) is 0 Å². The summed E-state index contributed by atoms with van der Waals surface area (Å²) in [5, 5.41) is 6.89. The van der Waals surface area contributed by atoms with Crippen molar-refractivity contribution in [1.82, 2.24) is 20.5 Å². The van der Waals surface area contributed by atoms with Gasteiger partial charge in [0, 0.05) is 51.0 Å². The topological polar surface area (TPSA) is 71.0 Å². The molecule has 1 aliphatic rings. The van der Waals surface area contributed by atoms with Gasteiger partial charge in [-0.05, 0) is 17.5 Å². The van der Waals surface area contributed by atoms with Crippen molar-refractivity contribution in [3.8, 4) is 5.88 Å². The van der Waals surface area contributed by atoms with Gasteiger partial charge in [0.15, 0.2) is 5.96 Å². The largest absolute Gasteiger partial charge is 0.473 e. The maximum absolute atomic E-state index is 5.97. The Labute approximate surface area is 185 Å². The van der Waals surface area contributed by atoms with E-state index in [0.29, 0.717) is 31.0 Å². The maximum Gasteiger partial charge on any atom is 0.218 e. The lowest BCUT2D eigenvalue weighted by atomic mass is 10.0. The molecule has 31 heavy (non-hydrogen) atoms. The molecule has 1 aliphatic heterocycles. The lowest BCUT2D eigenvalue weighted by molar-refractivity contribution is 0.00752. The number of nitrogens with one attached hydrogen (secondary N) is 2. The minimum atomic E-state index is 0.436. The van der Waals surface area contributed by atoms with Gasteiger partial charge < -0.3 is 20.1 Å². The molecule has 2 aromatic rings.